The van der Waals surface area contributed by atoms with Gasteiger partial charge in [-0.1, -0.05) is 89.9 Å². The number of carbonyl (C=O) groups is 2. The lowest BCUT2D eigenvalue weighted by molar-refractivity contribution is -0.139. The van der Waals surface area contributed by atoms with Crippen LogP contribution in [0.2, 0.25) is 10.0 Å². The topological polar surface area (TPSA) is 86.8 Å². The Morgan fingerprint density at radius 2 is 1.39 bits per heavy atom. The Bertz CT molecular complexity index is 1580. The van der Waals surface area contributed by atoms with Gasteiger partial charge < -0.3 is 10.2 Å². The Morgan fingerprint density at radius 3 is 2.00 bits per heavy atom. The molecule has 4 aromatic carbocycles. The van der Waals surface area contributed by atoms with Crippen LogP contribution in [0.3, 0.4) is 0 Å². The maximum Gasteiger partial charge on any atom is 0.264 e. The van der Waals surface area contributed by atoms with E-state index in [1.54, 1.807) is 54.6 Å². The second-order valence-corrected chi connectivity index (χ2v) is 11.9. The van der Waals surface area contributed by atoms with Crippen molar-refractivity contribution in [2.45, 2.75) is 23.9 Å². The molecule has 0 aliphatic heterocycles. The highest BCUT2D eigenvalue weighted by Crippen LogP contribution is 2.27. The highest BCUT2D eigenvalue weighted by Gasteiger charge is 2.34. The summed E-state index contributed by atoms with van der Waals surface area (Å²) in [4.78, 5) is 28.9. The normalized spacial score (nSPS) is 11.9. The largest absolute Gasteiger partial charge is 0.357 e. The predicted molar refractivity (Wildman–Crippen MR) is 162 cm³/mol. The zero-order chi connectivity index (χ0) is 29.4. The Kier molecular flexibility index (Phi) is 10.0. The van der Waals surface area contributed by atoms with Crippen LogP contribution in [0.4, 0.5) is 5.69 Å². The number of benzene rings is 4. The molecule has 7 nitrogen and oxygen atoms in total. The summed E-state index contributed by atoms with van der Waals surface area (Å²) in [5, 5.41) is 3.50. The number of rotatable bonds is 11. The molecule has 0 saturated carbocycles. The van der Waals surface area contributed by atoms with Crippen LogP contribution in [0.1, 0.15) is 11.1 Å². The molecule has 0 bridgehead atoms. The summed E-state index contributed by atoms with van der Waals surface area (Å²) >= 11 is 12.5. The zero-order valence-corrected chi connectivity index (χ0v) is 24.6. The number of nitrogens with zero attached hydrogens (tertiary/aromatic N) is 2. The van der Waals surface area contributed by atoms with Crippen molar-refractivity contribution < 1.29 is 18.0 Å². The molecule has 0 heterocycles. The van der Waals surface area contributed by atoms with Crippen LogP contribution < -0.4 is 9.62 Å². The number of hydrogen-bond donors (Lipinski definition) is 1. The van der Waals surface area contributed by atoms with Crippen LogP contribution in [0, 0.1) is 0 Å². The molecule has 212 valence electrons. The van der Waals surface area contributed by atoms with Crippen LogP contribution in [0.5, 0.6) is 0 Å². The van der Waals surface area contributed by atoms with E-state index in [9.17, 15) is 18.0 Å². The molecule has 4 rings (SSSR count). The summed E-state index contributed by atoms with van der Waals surface area (Å²) in [5.41, 5.74) is 1.71. The van der Waals surface area contributed by atoms with E-state index in [4.69, 9.17) is 23.2 Å². The van der Waals surface area contributed by atoms with E-state index in [0.717, 1.165) is 9.87 Å². The molecule has 1 atom stereocenters. The van der Waals surface area contributed by atoms with Gasteiger partial charge in [0.1, 0.15) is 12.6 Å². The highest BCUT2D eigenvalue weighted by molar-refractivity contribution is 7.92. The first-order valence-electron chi connectivity index (χ1n) is 12.8. The molecule has 0 unspecified atom stereocenters. The summed E-state index contributed by atoms with van der Waals surface area (Å²) < 4.78 is 28.8. The molecular weight excluding hydrogens is 581 g/mol. The van der Waals surface area contributed by atoms with E-state index in [0.29, 0.717) is 15.6 Å². The van der Waals surface area contributed by atoms with E-state index >= 15 is 0 Å². The van der Waals surface area contributed by atoms with Crippen molar-refractivity contribution in [2.24, 2.45) is 0 Å². The summed E-state index contributed by atoms with van der Waals surface area (Å²) in [6.07, 6.45) is 0.211. The predicted octanol–water partition coefficient (Wildman–Crippen LogP) is 5.57. The van der Waals surface area contributed by atoms with Crippen molar-refractivity contribution in [3.05, 3.63) is 130 Å². The Labute approximate surface area is 250 Å². The van der Waals surface area contributed by atoms with Gasteiger partial charge in [0.2, 0.25) is 11.8 Å². The first-order chi connectivity index (χ1) is 19.7. The number of hydrogen-bond acceptors (Lipinski definition) is 4. The van der Waals surface area contributed by atoms with Gasteiger partial charge in [0.05, 0.1) is 10.6 Å². The van der Waals surface area contributed by atoms with Gasteiger partial charge in [-0.25, -0.2) is 8.42 Å². The van der Waals surface area contributed by atoms with E-state index in [1.165, 1.54) is 36.2 Å². The van der Waals surface area contributed by atoms with Crippen LogP contribution in [0.25, 0.3) is 0 Å². The van der Waals surface area contributed by atoms with Crippen LogP contribution in [-0.4, -0.2) is 44.8 Å². The molecule has 0 radical (unpaired) electrons. The molecule has 0 aliphatic rings. The standard InChI is InChI=1S/C31H29Cl2N3O4S/c1-34-31(38)29(20-23-10-4-2-5-11-23)35(21-24-12-8-9-15-28(24)33)30(37)22-36(26-18-16-25(32)17-19-26)41(39,40)27-13-6-3-7-14-27/h2-19,29H,20-22H2,1H3,(H,34,38)/t29-/m0/s1. The van der Waals surface area contributed by atoms with Crippen molar-refractivity contribution in [3.63, 3.8) is 0 Å². The number of anilines is 1. The van der Waals surface area contributed by atoms with Gasteiger partial charge in [-0.3, -0.25) is 13.9 Å². The van der Waals surface area contributed by atoms with Crippen molar-refractivity contribution in [1.82, 2.24) is 10.2 Å². The molecular formula is C31H29Cl2N3O4S. The number of halogens is 2. The second kappa shape index (κ2) is 13.7. The zero-order valence-electron chi connectivity index (χ0n) is 22.3. The molecule has 0 saturated heterocycles. The van der Waals surface area contributed by atoms with Crippen molar-refractivity contribution >= 4 is 50.7 Å². The van der Waals surface area contributed by atoms with E-state index in [1.807, 2.05) is 30.3 Å². The van der Waals surface area contributed by atoms with Crippen LogP contribution >= 0.6 is 23.2 Å². The molecule has 1 N–H and O–H groups in total. The SMILES string of the molecule is CNC(=O)[C@H](Cc1ccccc1)N(Cc1ccccc1Cl)C(=O)CN(c1ccc(Cl)cc1)S(=O)(=O)c1ccccc1. The molecule has 2 amide bonds. The molecule has 0 aromatic heterocycles. The first kappa shape index (κ1) is 30.1. The third kappa shape index (κ3) is 7.47. The summed E-state index contributed by atoms with van der Waals surface area (Å²) in [5.74, 6) is -0.970. The highest BCUT2D eigenvalue weighted by atomic mass is 35.5. The summed E-state index contributed by atoms with van der Waals surface area (Å²) in [6.45, 7) is -0.575. The van der Waals surface area contributed by atoms with E-state index < -0.39 is 34.4 Å². The molecule has 4 aromatic rings. The first-order valence-corrected chi connectivity index (χ1v) is 15.0. The van der Waals surface area contributed by atoms with Gasteiger partial charge in [0.25, 0.3) is 10.0 Å². The fourth-order valence-electron chi connectivity index (χ4n) is 4.39. The molecule has 10 heteroatoms. The van der Waals surface area contributed by atoms with Crippen LogP contribution in [-0.2, 0) is 32.6 Å². The minimum atomic E-state index is -4.17. The minimum Gasteiger partial charge on any atom is -0.357 e. The van der Waals surface area contributed by atoms with Crippen molar-refractivity contribution in [3.8, 4) is 0 Å². The third-order valence-electron chi connectivity index (χ3n) is 6.54. The quantitative estimate of drug-likeness (QED) is 0.241. The van der Waals surface area contributed by atoms with Gasteiger partial charge in [0.15, 0.2) is 0 Å². The lowest BCUT2D eigenvalue weighted by atomic mass is 10.0. The number of sulfonamides is 1. The monoisotopic (exact) mass is 609 g/mol. The van der Waals surface area contributed by atoms with Crippen molar-refractivity contribution in [2.75, 3.05) is 17.9 Å². The average molecular weight is 611 g/mol. The van der Waals surface area contributed by atoms with Gasteiger partial charge in [0, 0.05) is 30.1 Å². The number of nitrogens with one attached hydrogen (secondary N) is 1. The van der Waals surface area contributed by atoms with Crippen molar-refractivity contribution in [1.29, 1.82) is 0 Å². The third-order valence-corrected chi connectivity index (χ3v) is 8.95. The Balaban J connectivity index is 1.78. The Hall–Kier alpha value is -3.85. The summed E-state index contributed by atoms with van der Waals surface area (Å²) in [6, 6.07) is 29.4. The maximum absolute atomic E-state index is 14.2. The number of carbonyl (C=O) groups excluding carboxylic acids is 2. The molecule has 0 fully saturated rings. The van der Waals surface area contributed by atoms with Gasteiger partial charge in [-0.15, -0.1) is 0 Å². The lowest BCUT2D eigenvalue weighted by Gasteiger charge is -2.33. The van der Waals surface area contributed by atoms with Crippen LogP contribution in [0.15, 0.2) is 114 Å². The fraction of sp³-hybridized carbons (Fsp3) is 0.161. The molecule has 0 aliphatic carbocycles. The lowest BCUT2D eigenvalue weighted by Crippen LogP contribution is -2.53. The van der Waals surface area contributed by atoms with E-state index in [-0.39, 0.29) is 23.5 Å². The number of amides is 2. The molecule has 0 spiro atoms. The maximum atomic E-state index is 14.2. The number of likely N-dealkylation sites (N-methyl/N-ethyl adjacent to an activating group) is 1. The average Bonchev–Trinajstić information content (AvgIpc) is 2.99. The van der Waals surface area contributed by atoms with Gasteiger partial charge in [-0.05, 0) is 53.6 Å². The van der Waals surface area contributed by atoms with E-state index in [2.05, 4.69) is 5.32 Å². The smallest absolute Gasteiger partial charge is 0.264 e. The van der Waals surface area contributed by atoms with Gasteiger partial charge in [-0.2, -0.15) is 0 Å². The Morgan fingerprint density at radius 1 is 0.805 bits per heavy atom. The fourth-order valence-corrected chi connectivity index (χ4v) is 6.14. The minimum absolute atomic E-state index is 0.0106. The summed E-state index contributed by atoms with van der Waals surface area (Å²) in [7, 11) is -2.67. The second-order valence-electron chi connectivity index (χ2n) is 9.23. The van der Waals surface area contributed by atoms with Gasteiger partial charge >= 0.3 is 0 Å². The molecule has 41 heavy (non-hydrogen) atoms.